The third kappa shape index (κ3) is 3.44. The molecule has 0 fully saturated rings. The number of carbonyl (C=O) groups is 2. The number of carbonyl (C=O) groups excluding carboxylic acids is 1. The Morgan fingerprint density at radius 2 is 2.24 bits per heavy atom. The van der Waals surface area contributed by atoms with Crippen LogP contribution in [0.1, 0.15) is 23.7 Å². The maximum absolute atomic E-state index is 12.0. The topological polar surface area (TPSA) is 121 Å². The number of rotatable bonds is 5. The molecular weight excluding hydrogens is 298 g/mol. The number of nitrogens with zero attached hydrogens (tertiary/aromatic N) is 2. The Kier molecular flexibility index (Phi) is 4.05. The van der Waals surface area contributed by atoms with Crippen LogP contribution in [0.5, 0.6) is 0 Å². The lowest BCUT2D eigenvalue weighted by atomic mass is 10.0. The van der Waals surface area contributed by atoms with Crippen molar-refractivity contribution in [1.29, 1.82) is 0 Å². The van der Waals surface area contributed by atoms with Gasteiger partial charge in [0, 0.05) is 24.3 Å². The molecule has 2 aromatic heterocycles. The number of hydrogen-bond acceptors (Lipinski definition) is 6. The van der Waals surface area contributed by atoms with Crippen molar-refractivity contribution in [3.05, 3.63) is 33.7 Å². The van der Waals surface area contributed by atoms with Gasteiger partial charge in [-0.1, -0.05) is 0 Å². The van der Waals surface area contributed by atoms with E-state index in [2.05, 4.69) is 10.3 Å². The van der Waals surface area contributed by atoms with E-state index in [1.54, 1.807) is 5.38 Å². The second-order valence-electron chi connectivity index (χ2n) is 4.78. The minimum atomic E-state index is -1.60. The van der Waals surface area contributed by atoms with Crippen molar-refractivity contribution in [2.45, 2.75) is 18.9 Å². The molecule has 0 spiro atoms. The van der Waals surface area contributed by atoms with E-state index in [0.29, 0.717) is 4.96 Å². The highest BCUT2D eigenvalue weighted by atomic mass is 32.1. The Hall–Kier alpha value is -2.26. The summed E-state index contributed by atoms with van der Waals surface area (Å²) < 4.78 is 1.25. The fraction of sp³-hybridized carbons (Fsp3) is 0.333. The summed E-state index contributed by atoms with van der Waals surface area (Å²) in [5.74, 6) is -1.89. The van der Waals surface area contributed by atoms with Crippen LogP contribution >= 0.6 is 11.3 Å². The van der Waals surface area contributed by atoms with Crippen LogP contribution in [0.25, 0.3) is 4.96 Å². The van der Waals surface area contributed by atoms with Crippen LogP contribution in [0, 0.1) is 0 Å². The lowest BCUT2D eigenvalue weighted by Gasteiger charge is -2.21. The summed E-state index contributed by atoms with van der Waals surface area (Å²) in [6, 6.07) is 0. The molecule has 2 aromatic rings. The van der Waals surface area contributed by atoms with Gasteiger partial charge >= 0.3 is 5.97 Å². The van der Waals surface area contributed by atoms with Gasteiger partial charge in [-0.25, -0.2) is 4.98 Å². The van der Waals surface area contributed by atoms with Gasteiger partial charge in [0.25, 0.3) is 11.5 Å². The van der Waals surface area contributed by atoms with Crippen molar-refractivity contribution >= 4 is 28.2 Å². The average molecular weight is 311 g/mol. The largest absolute Gasteiger partial charge is 0.481 e. The Labute approximate surface area is 122 Å². The molecule has 0 saturated carbocycles. The first-order chi connectivity index (χ1) is 9.80. The molecule has 0 aliphatic heterocycles. The summed E-state index contributed by atoms with van der Waals surface area (Å²) >= 11 is 1.26. The quantitative estimate of drug-likeness (QED) is 0.698. The van der Waals surface area contributed by atoms with Gasteiger partial charge < -0.3 is 15.5 Å². The number of hydrogen-bond donors (Lipinski definition) is 3. The minimum Gasteiger partial charge on any atom is -0.481 e. The van der Waals surface area contributed by atoms with Gasteiger partial charge in [0.1, 0.15) is 5.56 Å². The molecule has 2 rings (SSSR count). The Bertz CT molecular complexity index is 749. The Morgan fingerprint density at radius 3 is 2.90 bits per heavy atom. The summed E-state index contributed by atoms with van der Waals surface area (Å²) in [6.07, 6.45) is 2.15. The molecule has 0 radical (unpaired) electrons. The van der Waals surface area contributed by atoms with Gasteiger partial charge in [-0.3, -0.25) is 18.8 Å². The molecule has 1 atom stereocenters. The number of carboxylic acid groups (broad SMARTS) is 1. The molecule has 9 heteroatoms. The second-order valence-corrected chi connectivity index (χ2v) is 5.66. The first-order valence-corrected chi connectivity index (χ1v) is 6.85. The standard InChI is InChI=1S/C12H13N3O5S/c1-12(20,4-8(16)17)6-14-9(18)7-5-13-11-15(10(7)19)2-3-21-11/h2-3,5,20H,4,6H2,1H3,(H,14,18)(H,16,17). The van der Waals surface area contributed by atoms with E-state index < -0.39 is 29.5 Å². The third-order valence-corrected chi connectivity index (χ3v) is 3.52. The molecule has 1 unspecified atom stereocenters. The van der Waals surface area contributed by atoms with Crippen molar-refractivity contribution < 1.29 is 19.8 Å². The van der Waals surface area contributed by atoms with Crippen LogP contribution in [-0.4, -0.2) is 43.6 Å². The van der Waals surface area contributed by atoms with E-state index in [1.165, 1.54) is 28.9 Å². The predicted octanol–water partition coefficient (Wildman–Crippen LogP) is -0.289. The van der Waals surface area contributed by atoms with Gasteiger partial charge in [0.05, 0.1) is 12.0 Å². The van der Waals surface area contributed by atoms with Crippen molar-refractivity contribution in [3.63, 3.8) is 0 Å². The van der Waals surface area contributed by atoms with Crippen LogP contribution < -0.4 is 10.9 Å². The lowest BCUT2D eigenvalue weighted by Crippen LogP contribution is -2.43. The summed E-state index contributed by atoms with van der Waals surface area (Å²) in [6.45, 7) is 0.999. The molecule has 21 heavy (non-hydrogen) atoms. The van der Waals surface area contributed by atoms with Gasteiger partial charge in [-0.2, -0.15) is 0 Å². The summed E-state index contributed by atoms with van der Waals surface area (Å²) in [7, 11) is 0. The predicted molar refractivity (Wildman–Crippen MR) is 74.5 cm³/mol. The molecule has 0 bridgehead atoms. The highest BCUT2D eigenvalue weighted by molar-refractivity contribution is 7.15. The first-order valence-electron chi connectivity index (χ1n) is 5.97. The fourth-order valence-electron chi connectivity index (χ4n) is 1.73. The number of nitrogens with one attached hydrogen (secondary N) is 1. The molecular formula is C12H13N3O5S. The van der Waals surface area contributed by atoms with Gasteiger partial charge in [0.15, 0.2) is 4.96 Å². The number of aliphatic hydroxyl groups is 1. The monoisotopic (exact) mass is 311 g/mol. The Morgan fingerprint density at radius 1 is 1.52 bits per heavy atom. The van der Waals surface area contributed by atoms with Crippen LogP contribution in [0.15, 0.2) is 22.6 Å². The van der Waals surface area contributed by atoms with Crippen molar-refractivity contribution in [1.82, 2.24) is 14.7 Å². The number of fused-ring (bicyclic) bond motifs is 1. The molecule has 112 valence electrons. The van der Waals surface area contributed by atoms with E-state index in [0.717, 1.165) is 6.20 Å². The number of thiazole rings is 1. The van der Waals surface area contributed by atoms with E-state index in [1.807, 2.05) is 0 Å². The highest BCUT2D eigenvalue weighted by Gasteiger charge is 2.25. The van der Waals surface area contributed by atoms with Crippen LogP contribution in [0.4, 0.5) is 0 Å². The SMILES string of the molecule is CC(O)(CNC(=O)c1cnc2sccn2c1=O)CC(=O)O. The normalized spacial score (nSPS) is 13.8. The van der Waals surface area contributed by atoms with E-state index in [9.17, 15) is 19.5 Å². The van der Waals surface area contributed by atoms with Crippen molar-refractivity contribution in [3.8, 4) is 0 Å². The van der Waals surface area contributed by atoms with Crippen LogP contribution in [0.2, 0.25) is 0 Å². The maximum atomic E-state index is 12.0. The Balaban J connectivity index is 2.14. The van der Waals surface area contributed by atoms with Crippen molar-refractivity contribution in [2.75, 3.05) is 6.54 Å². The lowest BCUT2D eigenvalue weighted by molar-refractivity contribution is -0.141. The number of amides is 1. The second kappa shape index (κ2) is 5.62. The summed E-state index contributed by atoms with van der Waals surface area (Å²) in [5.41, 5.74) is -2.29. The molecule has 0 aliphatic rings. The molecule has 0 aliphatic carbocycles. The summed E-state index contributed by atoms with van der Waals surface area (Å²) in [4.78, 5) is 39.0. The van der Waals surface area contributed by atoms with Gasteiger partial charge in [0.2, 0.25) is 0 Å². The van der Waals surface area contributed by atoms with Gasteiger partial charge in [-0.05, 0) is 6.92 Å². The van der Waals surface area contributed by atoms with Crippen molar-refractivity contribution in [2.24, 2.45) is 0 Å². The van der Waals surface area contributed by atoms with E-state index >= 15 is 0 Å². The number of carboxylic acids is 1. The van der Waals surface area contributed by atoms with E-state index in [-0.39, 0.29) is 12.1 Å². The molecule has 8 nitrogen and oxygen atoms in total. The molecule has 0 saturated heterocycles. The molecule has 0 aromatic carbocycles. The zero-order chi connectivity index (χ0) is 15.6. The molecule has 1 amide bonds. The average Bonchev–Trinajstić information content (AvgIpc) is 2.84. The number of aromatic nitrogens is 2. The highest BCUT2D eigenvalue weighted by Crippen LogP contribution is 2.08. The zero-order valence-electron chi connectivity index (χ0n) is 11.1. The van der Waals surface area contributed by atoms with Gasteiger partial charge in [-0.15, -0.1) is 11.3 Å². The minimum absolute atomic E-state index is 0.169. The number of aliphatic carboxylic acids is 1. The third-order valence-electron chi connectivity index (χ3n) is 2.75. The fourth-order valence-corrected chi connectivity index (χ4v) is 2.41. The maximum Gasteiger partial charge on any atom is 0.306 e. The zero-order valence-corrected chi connectivity index (χ0v) is 11.9. The first kappa shape index (κ1) is 15.1. The van der Waals surface area contributed by atoms with Crippen LogP contribution in [0.3, 0.4) is 0 Å². The molecule has 3 N–H and O–H groups in total. The van der Waals surface area contributed by atoms with Crippen LogP contribution in [-0.2, 0) is 4.79 Å². The molecule has 2 heterocycles. The van der Waals surface area contributed by atoms with E-state index in [4.69, 9.17) is 5.11 Å². The smallest absolute Gasteiger partial charge is 0.306 e. The summed E-state index contributed by atoms with van der Waals surface area (Å²) in [5, 5.41) is 22.4.